The number of ether oxygens (including phenoxy) is 2. The van der Waals surface area contributed by atoms with Crippen LogP contribution in [0.3, 0.4) is 0 Å². The predicted molar refractivity (Wildman–Crippen MR) is 61.7 cm³/mol. The first-order valence-electron chi connectivity index (χ1n) is 5.80. The molecule has 17 heavy (non-hydrogen) atoms. The molecule has 0 bridgehead atoms. The number of fused-ring (bicyclic) bond motifs is 1. The summed E-state index contributed by atoms with van der Waals surface area (Å²) in [5.41, 5.74) is 2.11. The minimum atomic E-state index is -0.368. The summed E-state index contributed by atoms with van der Waals surface area (Å²) in [6, 6.07) is 0. The first kappa shape index (κ1) is 12.1. The Kier molecular flexibility index (Phi) is 2.95. The number of hydrogen-bond acceptors (Lipinski definition) is 4. The van der Waals surface area contributed by atoms with E-state index >= 15 is 0 Å². The van der Waals surface area contributed by atoms with Crippen molar-refractivity contribution in [1.82, 2.24) is 9.78 Å². The van der Waals surface area contributed by atoms with Crippen molar-refractivity contribution in [2.24, 2.45) is 7.05 Å². The molecule has 2 rings (SSSR count). The SMILES string of the molecule is CCOC(=O)c1nn(C)c2c1COC(C)(C)C2. The lowest BCUT2D eigenvalue weighted by atomic mass is 9.96. The van der Waals surface area contributed by atoms with Gasteiger partial charge in [0, 0.05) is 24.7 Å². The second kappa shape index (κ2) is 4.14. The molecule has 94 valence electrons. The fourth-order valence-electron chi connectivity index (χ4n) is 2.06. The van der Waals surface area contributed by atoms with Gasteiger partial charge >= 0.3 is 5.97 Å². The molecule has 0 atom stereocenters. The van der Waals surface area contributed by atoms with E-state index in [1.165, 1.54) is 0 Å². The van der Waals surface area contributed by atoms with Gasteiger partial charge in [-0.2, -0.15) is 5.10 Å². The van der Waals surface area contributed by atoms with Gasteiger partial charge in [0.25, 0.3) is 0 Å². The number of carbonyl (C=O) groups excluding carboxylic acids is 1. The molecule has 0 radical (unpaired) electrons. The van der Waals surface area contributed by atoms with Gasteiger partial charge in [-0.05, 0) is 20.8 Å². The number of nitrogens with zero attached hydrogens (tertiary/aromatic N) is 2. The maximum atomic E-state index is 11.7. The summed E-state index contributed by atoms with van der Waals surface area (Å²) in [5, 5.41) is 4.24. The van der Waals surface area contributed by atoms with E-state index in [9.17, 15) is 4.79 Å². The average molecular weight is 238 g/mol. The van der Waals surface area contributed by atoms with Gasteiger partial charge in [-0.3, -0.25) is 4.68 Å². The van der Waals surface area contributed by atoms with Crippen molar-refractivity contribution in [1.29, 1.82) is 0 Å². The van der Waals surface area contributed by atoms with Gasteiger partial charge in [0.1, 0.15) is 0 Å². The first-order chi connectivity index (χ1) is 7.94. The summed E-state index contributed by atoms with van der Waals surface area (Å²) in [6.07, 6.45) is 0.755. The van der Waals surface area contributed by atoms with Gasteiger partial charge in [-0.15, -0.1) is 0 Å². The normalized spacial score (nSPS) is 17.6. The average Bonchev–Trinajstić information content (AvgIpc) is 2.55. The molecule has 0 amide bonds. The summed E-state index contributed by atoms with van der Waals surface area (Å²) in [5.74, 6) is -0.368. The Morgan fingerprint density at radius 2 is 2.29 bits per heavy atom. The van der Waals surface area contributed by atoms with Crippen molar-refractivity contribution in [3.63, 3.8) is 0 Å². The third-order valence-electron chi connectivity index (χ3n) is 2.94. The molecule has 1 aromatic rings. The van der Waals surface area contributed by atoms with Crippen LogP contribution in [-0.4, -0.2) is 28.0 Å². The Balaban J connectivity index is 2.37. The number of esters is 1. The molecule has 0 N–H and O–H groups in total. The Bertz CT molecular complexity index is 449. The van der Waals surface area contributed by atoms with Crippen LogP contribution >= 0.6 is 0 Å². The van der Waals surface area contributed by atoms with Gasteiger partial charge in [0.05, 0.1) is 18.8 Å². The standard InChI is InChI=1S/C12H18N2O3/c1-5-16-11(15)10-8-7-17-12(2,3)6-9(8)14(4)13-10/h5-7H2,1-4H3. The van der Waals surface area contributed by atoms with Crippen molar-refractivity contribution >= 4 is 5.97 Å². The number of aryl methyl sites for hydroxylation is 1. The summed E-state index contributed by atoms with van der Waals surface area (Å²) >= 11 is 0. The molecule has 1 aromatic heterocycles. The number of aromatic nitrogens is 2. The second-order valence-corrected chi connectivity index (χ2v) is 4.84. The van der Waals surface area contributed by atoms with Crippen molar-refractivity contribution in [3.8, 4) is 0 Å². The van der Waals surface area contributed by atoms with E-state index in [0.29, 0.717) is 18.9 Å². The lowest BCUT2D eigenvalue weighted by Crippen LogP contribution is -2.33. The van der Waals surface area contributed by atoms with Crippen molar-refractivity contribution in [2.45, 2.75) is 39.4 Å². The van der Waals surface area contributed by atoms with Crippen molar-refractivity contribution < 1.29 is 14.3 Å². The highest BCUT2D eigenvalue weighted by Gasteiger charge is 2.33. The number of hydrogen-bond donors (Lipinski definition) is 0. The topological polar surface area (TPSA) is 53.3 Å². The van der Waals surface area contributed by atoms with E-state index in [0.717, 1.165) is 17.7 Å². The monoisotopic (exact) mass is 238 g/mol. The number of rotatable bonds is 2. The van der Waals surface area contributed by atoms with Crippen LogP contribution in [0.4, 0.5) is 0 Å². The lowest BCUT2D eigenvalue weighted by molar-refractivity contribution is -0.0418. The highest BCUT2D eigenvalue weighted by Crippen LogP contribution is 2.29. The molecule has 0 aromatic carbocycles. The highest BCUT2D eigenvalue weighted by atomic mass is 16.5. The van der Waals surface area contributed by atoms with Gasteiger partial charge in [-0.1, -0.05) is 0 Å². The molecule has 5 heteroatoms. The molecule has 1 aliphatic rings. The minimum absolute atomic E-state index is 0.202. The fourth-order valence-corrected chi connectivity index (χ4v) is 2.06. The van der Waals surface area contributed by atoms with Crippen LogP contribution in [0.5, 0.6) is 0 Å². The Labute approximate surface area is 101 Å². The van der Waals surface area contributed by atoms with E-state index in [2.05, 4.69) is 5.10 Å². The molecule has 1 aliphatic heterocycles. The summed E-state index contributed by atoms with van der Waals surface area (Å²) in [6.45, 7) is 6.63. The van der Waals surface area contributed by atoms with Crippen LogP contribution in [0.15, 0.2) is 0 Å². The van der Waals surface area contributed by atoms with Gasteiger partial charge in [-0.25, -0.2) is 4.79 Å². The van der Waals surface area contributed by atoms with Gasteiger partial charge in [0.15, 0.2) is 5.69 Å². The molecule has 0 fully saturated rings. The first-order valence-corrected chi connectivity index (χ1v) is 5.80. The molecule has 2 heterocycles. The largest absolute Gasteiger partial charge is 0.461 e. The Hall–Kier alpha value is -1.36. The molecule has 0 aliphatic carbocycles. The van der Waals surface area contributed by atoms with Crippen molar-refractivity contribution in [3.05, 3.63) is 17.0 Å². The molecule has 0 unspecified atom stereocenters. The van der Waals surface area contributed by atoms with Crippen LogP contribution < -0.4 is 0 Å². The van der Waals surface area contributed by atoms with Crippen LogP contribution in [0, 0.1) is 0 Å². The zero-order valence-corrected chi connectivity index (χ0v) is 10.7. The highest BCUT2D eigenvalue weighted by molar-refractivity contribution is 5.89. The molecular weight excluding hydrogens is 220 g/mol. The van der Waals surface area contributed by atoms with Crippen molar-refractivity contribution in [2.75, 3.05) is 6.61 Å². The van der Waals surface area contributed by atoms with E-state index in [1.54, 1.807) is 11.6 Å². The van der Waals surface area contributed by atoms with Crippen LogP contribution in [0.1, 0.15) is 42.5 Å². The third kappa shape index (κ3) is 2.20. The zero-order valence-electron chi connectivity index (χ0n) is 10.7. The fraction of sp³-hybridized carbons (Fsp3) is 0.667. The molecule has 0 spiro atoms. The Morgan fingerprint density at radius 1 is 1.59 bits per heavy atom. The summed E-state index contributed by atoms with van der Waals surface area (Å²) in [4.78, 5) is 11.7. The lowest BCUT2D eigenvalue weighted by Gasteiger charge is -2.30. The van der Waals surface area contributed by atoms with E-state index in [4.69, 9.17) is 9.47 Å². The third-order valence-corrected chi connectivity index (χ3v) is 2.94. The predicted octanol–water partition coefficient (Wildman–Crippen LogP) is 1.45. The maximum Gasteiger partial charge on any atom is 0.359 e. The summed E-state index contributed by atoms with van der Waals surface area (Å²) in [7, 11) is 1.85. The molecule has 0 saturated heterocycles. The van der Waals surface area contributed by atoms with Crippen LogP contribution in [-0.2, 0) is 29.5 Å². The van der Waals surface area contributed by atoms with E-state index in [1.807, 2.05) is 20.9 Å². The molecular formula is C12H18N2O3. The minimum Gasteiger partial charge on any atom is -0.461 e. The van der Waals surface area contributed by atoms with E-state index in [-0.39, 0.29) is 11.6 Å². The molecule has 0 saturated carbocycles. The van der Waals surface area contributed by atoms with Crippen LogP contribution in [0.2, 0.25) is 0 Å². The number of carbonyl (C=O) groups is 1. The van der Waals surface area contributed by atoms with Gasteiger partial charge in [0.2, 0.25) is 0 Å². The zero-order chi connectivity index (χ0) is 12.6. The Morgan fingerprint density at radius 3 is 2.94 bits per heavy atom. The van der Waals surface area contributed by atoms with E-state index < -0.39 is 0 Å². The van der Waals surface area contributed by atoms with Gasteiger partial charge < -0.3 is 9.47 Å². The maximum absolute atomic E-state index is 11.7. The quantitative estimate of drug-likeness (QED) is 0.732. The second-order valence-electron chi connectivity index (χ2n) is 4.84. The van der Waals surface area contributed by atoms with Crippen LogP contribution in [0.25, 0.3) is 0 Å². The summed E-state index contributed by atoms with van der Waals surface area (Å²) < 4.78 is 12.5. The smallest absolute Gasteiger partial charge is 0.359 e. The molecule has 5 nitrogen and oxygen atoms in total.